The third-order valence-electron chi connectivity index (χ3n) is 3.79. The highest BCUT2D eigenvalue weighted by Gasteiger charge is 2.51. The Morgan fingerprint density at radius 2 is 2.06 bits per heavy atom. The molecule has 100 valence electrons. The summed E-state index contributed by atoms with van der Waals surface area (Å²) in [5.74, 6) is -1.90. The second kappa shape index (κ2) is 4.47. The molecule has 0 aromatic carbocycles. The Hall–Kier alpha value is -1.79. The van der Waals surface area contributed by atoms with Crippen molar-refractivity contribution in [3.05, 3.63) is 0 Å². The number of nitrogens with two attached hydrogens (primary N) is 1. The molecule has 0 aliphatic carbocycles. The van der Waals surface area contributed by atoms with Crippen molar-refractivity contribution in [2.45, 2.75) is 31.3 Å². The lowest BCUT2D eigenvalue weighted by Crippen LogP contribution is -2.47. The van der Waals surface area contributed by atoms with Gasteiger partial charge in [0.05, 0.1) is 5.92 Å². The number of carboxylic acids is 1. The summed E-state index contributed by atoms with van der Waals surface area (Å²) in [6.07, 6.45) is 2.07. The summed E-state index contributed by atoms with van der Waals surface area (Å²) in [4.78, 5) is 36.9. The van der Waals surface area contributed by atoms with E-state index in [4.69, 9.17) is 10.8 Å². The van der Waals surface area contributed by atoms with E-state index in [1.54, 1.807) is 4.90 Å². The Balaban J connectivity index is 2.08. The maximum absolute atomic E-state index is 12.2. The normalized spacial score (nSPS) is 29.4. The van der Waals surface area contributed by atoms with E-state index >= 15 is 0 Å². The van der Waals surface area contributed by atoms with Crippen LogP contribution in [0.25, 0.3) is 0 Å². The fourth-order valence-corrected chi connectivity index (χ4v) is 3.05. The van der Waals surface area contributed by atoms with Crippen molar-refractivity contribution in [1.82, 2.24) is 9.80 Å². The molecule has 0 aromatic rings. The zero-order valence-electron chi connectivity index (χ0n) is 10.2. The van der Waals surface area contributed by atoms with Gasteiger partial charge in [-0.05, 0) is 19.3 Å². The minimum absolute atomic E-state index is 0.0149. The molecule has 0 spiro atoms. The first-order valence-electron chi connectivity index (χ1n) is 5.96. The van der Waals surface area contributed by atoms with Gasteiger partial charge in [0.1, 0.15) is 6.54 Å². The Morgan fingerprint density at radius 1 is 1.39 bits per heavy atom. The first-order valence-corrected chi connectivity index (χ1v) is 5.96. The second-order valence-electron chi connectivity index (χ2n) is 4.99. The van der Waals surface area contributed by atoms with Crippen LogP contribution in [0.4, 0.5) is 4.79 Å². The minimum atomic E-state index is -0.849. The largest absolute Gasteiger partial charge is 0.481 e. The van der Waals surface area contributed by atoms with Gasteiger partial charge in [0.25, 0.3) is 0 Å². The Labute approximate surface area is 105 Å². The predicted molar refractivity (Wildman–Crippen MR) is 61.6 cm³/mol. The third kappa shape index (κ3) is 2.00. The molecule has 2 saturated heterocycles. The molecule has 3 N–H and O–H groups in total. The van der Waals surface area contributed by atoms with Crippen molar-refractivity contribution in [2.75, 3.05) is 13.6 Å². The summed E-state index contributed by atoms with van der Waals surface area (Å²) in [5.41, 5.74) is 5.04. The van der Waals surface area contributed by atoms with E-state index in [1.165, 1.54) is 11.9 Å². The number of carboxylic acid groups (broad SMARTS) is 1. The fraction of sp³-hybridized carbons (Fsp3) is 0.727. The molecule has 3 atom stereocenters. The number of carbonyl (C=O) groups excluding carboxylic acids is 2. The highest BCUT2D eigenvalue weighted by molar-refractivity contribution is 5.84. The van der Waals surface area contributed by atoms with Crippen molar-refractivity contribution in [3.8, 4) is 0 Å². The number of hydrogen-bond donors (Lipinski definition) is 2. The van der Waals surface area contributed by atoms with Gasteiger partial charge in [0.2, 0.25) is 5.91 Å². The summed E-state index contributed by atoms with van der Waals surface area (Å²) < 4.78 is 0. The lowest BCUT2D eigenvalue weighted by molar-refractivity contribution is -0.142. The summed E-state index contributed by atoms with van der Waals surface area (Å²) in [5, 5.41) is 9.09. The minimum Gasteiger partial charge on any atom is -0.481 e. The number of likely N-dealkylation sites (N-methyl/N-ethyl adjacent to an activating group) is 1. The van der Waals surface area contributed by atoms with Crippen LogP contribution in [0.1, 0.15) is 19.3 Å². The highest BCUT2D eigenvalue weighted by Crippen LogP contribution is 2.42. The summed E-state index contributed by atoms with van der Waals surface area (Å²) >= 11 is 0. The summed E-state index contributed by atoms with van der Waals surface area (Å²) in [6.45, 7) is -0.146. The lowest BCUT2D eigenvalue weighted by Gasteiger charge is -2.28. The molecule has 2 aliphatic heterocycles. The van der Waals surface area contributed by atoms with Crippen LogP contribution >= 0.6 is 0 Å². The van der Waals surface area contributed by atoms with Crippen LogP contribution in [-0.2, 0) is 9.59 Å². The molecular formula is C11H17N3O4. The van der Waals surface area contributed by atoms with Gasteiger partial charge >= 0.3 is 12.0 Å². The van der Waals surface area contributed by atoms with Gasteiger partial charge in [-0.1, -0.05) is 0 Å². The zero-order valence-corrected chi connectivity index (χ0v) is 10.2. The number of aliphatic carboxylic acids is 1. The zero-order chi connectivity index (χ0) is 13.4. The van der Waals surface area contributed by atoms with E-state index in [0.717, 1.165) is 12.8 Å². The van der Waals surface area contributed by atoms with Crippen LogP contribution in [0.2, 0.25) is 0 Å². The molecule has 0 radical (unpaired) electrons. The number of fused-ring (bicyclic) bond motifs is 2. The molecule has 2 heterocycles. The van der Waals surface area contributed by atoms with Gasteiger partial charge in [-0.3, -0.25) is 9.59 Å². The third-order valence-corrected chi connectivity index (χ3v) is 3.79. The van der Waals surface area contributed by atoms with Gasteiger partial charge in [0.15, 0.2) is 0 Å². The van der Waals surface area contributed by atoms with Crippen molar-refractivity contribution in [2.24, 2.45) is 11.7 Å². The molecule has 2 aliphatic rings. The molecule has 3 amide bonds. The SMILES string of the molecule is CN(CC(N)=O)C(=O)N1C2CCC1C(C(=O)O)C2. The van der Waals surface area contributed by atoms with E-state index < -0.39 is 17.8 Å². The number of amides is 3. The smallest absolute Gasteiger partial charge is 0.320 e. The van der Waals surface area contributed by atoms with Crippen molar-refractivity contribution in [3.63, 3.8) is 0 Å². The lowest BCUT2D eigenvalue weighted by atomic mass is 9.89. The van der Waals surface area contributed by atoms with Crippen molar-refractivity contribution < 1.29 is 19.5 Å². The molecular weight excluding hydrogens is 238 g/mol. The Morgan fingerprint density at radius 3 is 2.56 bits per heavy atom. The maximum Gasteiger partial charge on any atom is 0.320 e. The molecule has 7 heteroatoms. The van der Waals surface area contributed by atoms with E-state index in [2.05, 4.69) is 0 Å². The number of nitrogens with zero attached hydrogens (tertiary/aromatic N) is 2. The van der Waals surface area contributed by atoms with Gasteiger partial charge < -0.3 is 20.6 Å². The number of carbonyl (C=O) groups is 3. The molecule has 3 unspecified atom stereocenters. The first kappa shape index (κ1) is 12.7. The van der Waals surface area contributed by atoms with E-state index in [-0.39, 0.29) is 24.7 Å². The highest BCUT2D eigenvalue weighted by atomic mass is 16.4. The predicted octanol–water partition coefficient (Wildman–Crippen LogP) is -0.539. The van der Waals surface area contributed by atoms with Gasteiger partial charge in [-0.25, -0.2) is 4.79 Å². The molecule has 2 bridgehead atoms. The molecule has 7 nitrogen and oxygen atoms in total. The number of hydrogen-bond acceptors (Lipinski definition) is 3. The summed E-state index contributed by atoms with van der Waals surface area (Å²) in [7, 11) is 1.50. The van der Waals surface area contributed by atoms with Gasteiger partial charge in [-0.15, -0.1) is 0 Å². The van der Waals surface area contributed by atoms with Gasteiger partial charge in [-0.2, -0.15) is 0 Å². The second-order valence-corrected chi connectivity index (χ2v) is 4.99. The van der Waals surface area contributed by atoms with Crippen LogP contribution in [0.15, 0.2) is 0 Å². The van der Waals surface area contributed by atoms with E-state index in [1.807, 2.05) is 0 Å². The average molecular weight is 255 g/mol. The number of primary amides is 1. The fourth-order valence-electron chi connectivity index (χ4n) is 3.05. The standard InChI is InChI=1S/C11H17N3O4/c1-13(5-9(12)15)11(18)14-6-2-3-8(14)7(4-6)10(16)17/h6-8H,2-5H2,1H3,(H2,12,15)(H,16,17). The topological polar surface area (TPSA) is 104 Å². The summed E-state index contributed by atoms with van der Waals surface area (Å²) in [6, 6.07) is -0.556. The molecule has 0 saturated carbocycles. The van der Waals surface area contributed by atoms with Crippen LogP contribution in [0.5, 0.6) is 0 Å². The molecule has 2 fully saturated rings. The van der Waals surface area contributed by atoms with Crippen LogP contribution in [0, 0.1) is 5.92 Å². The van der Waals surface area contributed by atoms with E-state index in [9.17, 15) is 14.4 Å². The van der Waals surface area contributed by atoms with Crippen LogP contribution in [-0.4, -0.2) is 58.5 Å². The molecule has 0 aromatic heterocycles. The quantitative estimate of drug-likeness (QED) is 0.706. The van der Waals surface area contributed by atoms with Gasteiger partial charge in [0, 0.05) is 19.1 Å². The Bertz CT molecular complexity index is 398. The van der Waals surface area contributed by atoms with E-state index in [0.29, 0.717) is 6.42 Å². The molecule has 18 heavy (non-hydrogen) atoms. The maximum atomic E-state index is 12.2. The Kier molecular flexibility index (Phi) is 3.14. The van der Waals surface area contributed by atoms with Crippen LogP contribution < -0.4 is 5.73 Å². The number of urea groups is 1. The van der Waals surface area contributed by atoms with Crippen molar-refractivity contribution >= 4 is 17.9 Å². The van der Waals surface area contributed by atoms with Crippen molar-refractivity contribution in [1.29, 1.82) is 0 Å². The molecule has 2 rings (SSSR count). The monoisotopic (exact) mass is 255 g/mol. The van der Waals surface area contributed by atoms with Crippen LogP contribution in [0.3, 0.4) is 0 Å². The number of rotatable bonds is 3. The average Bonchev–Trinajstić information content (AvgIpc) is 2.83. The first-order chi connectivity index (χ1) is 8.41.